The fourth-order valence-corrected chi connectivity index (χ4v) is 11.8. The van der Waals surface area contributed by atoms with Crippen LogP contribution in [0.1, 0.15) is 86.0 Å². The van der Waals surface area contributed by atoms with E-state index in [1.165, 1.54) is 0 Å². The summed E-state index contributed by atoms with van der Waals surface area (Å²) in [7, 11) is 0. The number of carbonyl (C=O) groups is 1. The Bertz CT molecular complexity index is 1220. The number of allylic oxidation sites excluding steroid dienone is 1. The summed E-state index contributed by atoms with van der Waals surface area (Å²) in [6.45, 7) is 10.1. The Labute approximate surface area is 247 Å². The van der Waals surface area contributed by atoms with Crippen molar-refractivity contribution >= 4 is 5.97 Å². The molecular formula is C32H49NO9. The Hall–Kier alpha value is -1.11. The first-order chi connectivity index (χ1) is 19.5. The SMILES string of the molecule is C/C=C(\C)C(=O)O[C@@H]1CC[C@]2(C)[C@H]3CC[C@H]4[C@@]5(O)C[C@@H](O)[C@]6(O)[C@@H](CN7C[C@H](C)CC[C@@H]7[C@@]6(C)O)[C@@]5(O)C[C@@]42O[C@]13O. The number of esters is 1. The molecule has 0 aromatic rings. The predicted octanol–water partition coefficient (Wildman–Crippen LogP) is 0.991. The summed E-state index contributed by atoms with van der Waals surface area (Å²) in [6.07, 6.45) is 2.30. The summed E-state index contributed by atoms with van der Waals surface area (Å²) in [6, 6.07) is -0.387. The Morgan fingerprint density at radius 1 is 0.952 bits per heavy atom. The molecule has 0 amide bonds. The first kappa shape index (κ1) is 29.6. The maximum Gasteiger partial charge on any atom is 0.333 e. The molecule has 3 saturated heterocycles. The van der Waals surface area contributed by atoms with Crippen molar-refractivity contribution in [1.82, 2.24) is 4.90 Å². The smallest absolute Gasteiger partial charge is 0.333 e. The van der Waals surface area contributed by atoms with Crippen molar-refractivity contribution in [1.29, 1.82) is 0 Å². The van der Waals surface area contributed by atoms with Gasteiger partial charge in [-0.25, -0.2) is 4.79 Å². The zero-order chi connectivity index (χ0) is 30.5. The molecule has 1 spiro atoms. The number of nitrogens with zero attached hydrogens (tertiary/aromatic N) is 1. The van der Waals surface area contributed by atoms with Crippen molar-refractivity contribution in [3.05, 3.63) is 11.6 Å². The number of hydrogen-bond acceptors (Lipinski definition) is 10. The van der Waals surface area contributed by atoms with E-state index in [0.717, 1.165) is 6.42 Å². The highest BCUT2D eigenvalue weighted by Gasteiger charge is 2.88. The minimum Gasteiger partial charge on any atom is -0.453 e. The topological polar surface area (TPSA) is 160 Å². The van der Waals surface area contributed by atoms with Crippen LogP contribution in [0.15, 0.2) is 11.6 Å². The molecule has 3 heterocycles. The van der Waals surface area contributed by atoms with E-state index in [0.29, 0.717) is 50.1 Å². The van der Waals surface area contributed by atoms with Crippen LogP contribution in [0, 0.1) is 29.1 Å². The van der Waals surface area contributed by atoms with E-state index in [2.05, 4.69) is 11.8 Å². The van der Waals surface area contributed by atoms with Crippen LogP contribution >= 0.6 is 0 Å². The van der Waals surface area contributed by atoms with Gasteiger partial charge in [-0.2, -0.15) is 0 Å². The predicted molar refractivity (Wildman–Crippen MR) is 150 cm³/mol. The first-order valence-corrected chi connectivity index (χ1v) is 16.0. The average Bonchev–Trinajstić information content (AvgIpc) is 3.09. The van der Waals surface area contributed by atoms with Crippen LogP contribution < -0.4 is 0 Å². The Morgan fingerprint density at radius 2 is 1.64 bits per heavy atom. The average molecular weight is 592 g/mol. The highest BCUT2D eigenvalue weighted by molar-refractivity contribution is 5.87. The van der Waals surface area contributed by atoms with Crippen LogP contribution in [0.4, 0.5) is 0 Å². The summed E-state index contributed by atoms with van der Waals surface area (Å²) in [4.78, 5) is 14.9. The van der Waals surface area contributed by atoms with E-state index in [1.807, 2.05) is 6.92 Å². The lowest BCUT2D eigenvalue weighted by Crippen LogP contribution is -2.85. The molecule has 236 valence electrons. The van der Waals surface area contributed by atoms with Crippen LogP contribution in [-0.4, -0.2) is 107 Å². The maximum atomic E-state index is 12.9. The fourth-order valence-electron chi connectivity index (χ4n) is 11.8. The van der Waals surface area contributed by atoms with Gasteiger partial charge in [0.15, 0.2) is 6.10 Å². The number of piperidine rings is 2. The molecule has 0 aromatic heterocycles. The molecule has 7 aliphatic rings. The van der Waals surface area contributed by atoms with Gasteiger partial charge in [0.25, 0.3) is 0 Å². The second kappa shape index (κ2) is 8.57. The lowest BCUT2D eigenvalue weighted by atomic mass is 9.49. The minimum absolute atomic E-state index is 0.0606. The molecule has 0 aromatic carbocycles. The van der Waals surface area contributed by atoms with Gasteiger partial charge >= 0.3 is 5.97 Å². The minimum atomic E-state index is -2.06. The van der Waals surface area contributed by atoms with Crippen molar-refractivity contribution in [3.63, 3.8) is 0 Å². The van der Waals surface area contributed by atoms with Gasteiger partial charge in [0.1, 0.15) is 22.4 Å². The number of rotatable bonds is 2. The Morgan fingerprint density at radius 3 is 2.33 bits per heavy atom. The van der Waals surface area contributed by atoms with Crippen LogP contribution in [0.5, 0.6) is 0 Å². The summed E-state index contributed by atoms with van der Waals surface area (Å²) >= 11 is 0. The molecule has 14 atom stereocenters. The normalized spacial score (nSPS) is 60.3. The molecule has 4 saturated carbocycles. The number of hydrogen-bond donors (Lipinski definition) is 6. The quantitative estimate of drug-likeness (QED) is 0.202. The van der Waals surface area contributed by atoms with E-state index < -0.39 is 75.1 Å². The molecule has 10 heteroatoms. The Balaban J connectivity index is 1.32. The third kappa shape index (κ3) is 3.07. The second-order valence-electron chi connectivity index (χ2n) is 15.7. The summed E-state index contributed by atoms with van der Waals surface area (Å²) in [5, 5.41) is 73.9. The summed E-state index contributed by atoms with van der Waals surface area (Å²) in [5.41, 5.74) is -8.96. The van der Waals surface area contributed by atoms with Crippen LogP contribution in [0.2, 0.25) is 0 Å². The zero-order valence-corrected chi connectivity index (χ0v) is 25.5. The molecule has 7 rings (SSSR count). The van der Waals surface area contributed by atoms with Crippen molar-refractivity contribution in [3.8, 4) is 0 Å². The lowest BCUT2D eigenvalue weighted by molar-refractivity contribution is -0.354. The molecular weight excluding hydrogens is 542 g/mol. The molecule has 7 fully saturated rings. The number of carbonyl (C=O) groups excluding carboxylic acids is 1. The van der Waals surface area contributed by atoms with Crippen LogP contribution in [-0.2, 0) is 14.3 Å². The van der Waals surface area contributed by atoms with Gasteiger partial charge in [0.05, 0.1) is 11.7 Å². The third-order valence-electron chi connectivity index (χ3n) is 14.1. The van der Waals surface area contributed by atoms with Gasteiger partial charge in [-0.05, 0) is 65.2 Å². The highest BCUT2D eigenvalue weighted by atomic mass is 16.7. The molecule has 42 heavy (non-hydrogen) atoms. The van der Waals surface area contributed by atoms with Gasteiger partial charge in [-0.3, -0.25) is 4.90 Å². The van der Waals surface area contributed by atoms with Gasteiger partial charge < -0.3 is 40.1 Å². The molecule has 0 unspecified atom stereocenters. The van der Waals surface area contributed by atoms with Crippen molar-refractivity contribution < 1.29 is 44.9 Å². The van der Waals surface area contributed by atoms with E-state index in [1.54, 1.807) is 26.8 Å². The van der Waals surface area contributed by atoms with Gasteiger partial charge in [-0.15, -0.1) is 0 Å². The molecule has 6 N–H and O–H groups in total. The van der Waals surface area contributed by atoms with Crippen molar-refractivity contribution in [2.45, 2.75) is 138 Å². The summed E-state index contributed by atoms with van der Waals surface area (Å²) in [5.74, 6) is -4.05. The molecule has 3 aliphatic heterocycles. The summed E-state index contributed by atoms with van der Waals surface area (Å²) < 4.78 is 12.6. The first-order valence-electron chi connectivity index (χ1n) is 16.0. The highest BCUT2D eigenvalue weighted by Crippen LogP contribution is 2.78. The lowest BCUT2D eigenvalue weighted by Gasteiger charge is -2.68. The third-order valence-corrected chi connectivity index (χ3v) is 14.1. The van der Waals surface area contributed by atoms with Gasteiger partial charge in [-0.1, -0.05) is 19.9 Å². The largest absolute Gasteiger partial charge is 0.453 e. The zero-order valence-electron chi connectivity index (χ0n) is 25.5. The number of aliphatic hydroxyl groups is 6. The number of ether oxygens (including phenoxy) is 2. The van der Waals surface area contributed by atoms with E-state index >= 15 is 0 Å². The van der Waals surface area contributed by atoms with Crippen LogP contribution in [0.25, 0.3) is 0 Å². The maximum absolute atomic E-state index is 12.9. The van der Waals surface area contributed by atoms with E-state index in [9.17, 15) is 35.4 Å². The Kier molecular flexibility index (Phi) is 6.04. The molecule has 4 bridgehead atoms. The van der Waals surface area contributed by atoms with Crippen LogP contribution in [0.3, 0.4) is 0 Å². The second-order valence-corrected chi connectivity index (χ2v) is 15.7. The molecule has 10 nitrogen and oxygen atoms in total. The monoisotopic (exact) mass is 591 g/mol. The molecule has 0 radical (unpaired) electrons. The van der Waals surface area contributed by atoms with Crippen molar-refractivity contribution in [2.24, 2.45) is 29.1 Å². The fraction of sp³-hybridized carbons (Fsp3) is 0.906. The van der Waals surface area contributed by atoms with Crippen molar-refractivity contribution in [2.75, 3.05) is 13.1 Å². The molecule has 4 aliphatic carbocycles. The van der Waals surface area contributed by atoms with Gasteiger partial charge in [0, 0.05) is 60.7 Å². The number of fused-ring (bicyclic) bond motifs is 5. The number of aliphatic hydroxyl groups excluding tert-OH is 1. The standard InChI is InChI=1S/C32H49NO9/c1-6-18(3)25(35)41-24-11-12-26(4)19-8-9-20-28(37)13-23(34)31(39)21(29(28,38)16-30(20,26)42-32(19,24)40)15-33-14-17(2)7-10-22(33)27(31,5)36/h6,17,19-24,34,36-40H,7-16H2,1-5H3/b18-6+/t17-,19-,20+,21+,22-,23-,24-,26-,27-,28+,29+,30-,31-,32+/m1/s1. The van der Waals surface area contributed by atoms with E-state index in [-0.39, 0.29) is 25.4 Å². The van der Waals surface area contributed by atoms with Gasteiger partial charge in [0.2, 0.25) is 5.79 Å². The van der Waals surface area contributed by atoms with E-state index in [4.69, 9.17) is 9.47 Å².